The van der Waals surface area contributed by atoms with Crippen molar-refractivity contribution in [2.45, 2.75) is 13.0 Å². The Hall–Kier alpha value is -1.90. The first kappa shape index (κ1) is 15.5. The van der Waals surface area contributed by atoms with Crippen molar-refractivity contribution in [3.8, 4) is 6.07 Å². The Morgan fingerprint density at radius 2 is 2.24 bits per heavy atom. The van der Waals surface area contributed by atoms with E-state index in [0.29, 0.717) is 29.8 Å². The summed E-state index contributed by atoms with van der Waals surface area (Å²) < 4.78 is 0. The van der Waals surface area contributed by atoms with E-state index in [1.54, 1.807) is 24.3 Å². The third kappa shape index (κ3) is 4.03. The number of carbonyl (C=O) groups is 1. The van der Waals surface area contributed by atoms with E-state index >= 15 is 0 Å². The third-order valence-electron chi connectivity index (χ3n) is 3.95. The van der Waals surface area contributed by atoms with E-state index in [9.17, 15) is 4.79 Å². The number of nitrogens with zero attached hydrogens (tertiary/aromatic N) is 3. The molecule has 112 valence electrons. The molecule has 1 aromatic carbocycles. The minimum atomic E-state index is -0.0308. The summed E-state index contributed by atoms with van der Waals surface area (Å²) in [6, 6.07) is 9.55. The van der Waals surface area contributed by atoms with Gasteiger partial charge in [0.2, 0.25) is 5.91 Å². The molecule has 5 heteroatoms. The van der Waals surface area contributed by atoms with Gasteiger partial charge in [-0.05, 0) is 38.2 Å². The number of hydrogen-bond donors (Lipinski definition) is 1. The molecule has 1 amide bonds. The van der Waals surface area contributed by atoms with Crippen molar-refractivity contribution >= 4 is 11.6 Å². The lowest BCUT2D eigenvalue weighted by Gasteiger charge is -2.22. The standard InChI is InChI=1S/C16H22N4O/c1-12-9-20(10-15(12)19(2)3)11-16(21)18-14-6-4-5-13(7-14)8-17/h4-7,12,15H,9-11H2,1-3H3,(H,18,21). The van der Waals surface area contributed by atoms with Crippen molar-refractivity contribution in [3.05, 3.63) is 29.8 Å². The fourth-order valence-electron chi connectivity index (χ4n) is 2.92. The van der Waals surface area contributed by atoms with E-state index in [2.05, 4.69) is 42.2 Å². The van der Waals surface area contributed by atoms with E-state index in [0.717, 1.165) is 13.1 Å². The topological polar surface area (TPSA) is 59.4 Å². The fraction of sp³-hybridized carbons (Fsp3) is 0.500. The summed E-state index contributed by atoms with van der Waals surface area (Å²) in [5.41, 5.74) is 1.23. The molecule has 1 aromatic rings. The first-order chi connectivity index (χ1) is 9.99. The minimum Gasteiger partial charge on any atom is -0.325 e. The number of likely N-dealkylation sites (N-methyl/N-ethyl adjacent to an activating group) is 1. The van der Waals surface area contributed by atoms with Gasteiger partial charge in [-0.25, -0.2) is 0 Å². The van der Waals surface area contributed by atoms with Gasteiger partial charge in [0.05, 0.1) is 18.2 Å². The van der Waals surface area contributed by atoms with Crippen LogP contribution >= 0.6 is 0 Å². The van der Waals surface area contributed by atoms with E-state index < -0.39 is 0 Å². The Bertz CT molecular complexity index is 549. The fourth-order valence-corrected chi connectivity index (χ4v) is 2.92. The lowest BCUT2D eigenvalue weighted by molar-refractivity contribution is -0.117. The normalized spacial score (nSPS) is 22.2. The third-order valence-corrected chi connectivity index (χ3v) is 3.95. The molecule has 21 heavy (non-hydrogen) atoms. The average Bonchev–Trinajstić information content (AvgIpc) is 2.79. The second-order valence-corrected chi connectivity index (χ2v) is 5.94. The molecule has 0 saturated carbocycles. The molecule has 0 bridgehead atoms. The second-order valence-electron chi connectivity index (χ2n) is 5.94. The number of rotatable bonds is 4. The minimum absolute atomic E-state index is 0.0308. The van der Waals surface area contributed by atoms with E-state index in [4.69, 9.17) is 5.26 Å². The summed E-state index contributed by atoms with van der Waals surface area (Å²) in [4.78, 5) is 16.5. The van der Waals surface area contributed by atoms with Crippen LogP contribution in [-0.2, 0) is 4.79 Å². The number of anilines is 1. The van der Waals surface area contributed by atoms with Gasteiger partial charge in [0.1, 0.15) is 0 Å². The molecular formula is C16H22N4O. The maximum absolute atomic E-state index is 12.1. The van der Waals surface area contributed by atoms with Gasteiger partial charge in [0, 0.05) is 24.8 Å². The number of amides is 1. The molecule has 5 nitrogen and oxygen atoms in total. The smallest absolute Gasteiger partial charge is 0.238 e. The van der Waals surface area contributed by atoms with Crippen molar-refractivity contribution in [1.29, 1.82) is 5.26 Å². The van der Waals surface area contributed by atoms with Crippen LogP contribution in [0.5, 0.6) is 0 Å². The molecule has 2 unspecified atom stereocenters. The Labute approximate surface area is 126 Å². The van der Waals surface area contributed by atoms with Crippen LogP contribution in [0, 0.1) is 17.2 Å². The highest BCUT2D eigenvalue weighted by Gasteiger charge is 2.31. The zero-order valence-electron chi connectivity index (χ0n) is 12.8. The summed E-state index contributed by atoms with van der Waals surface area (Å²) in [5.74, 6) is 0.534. The zero-order chi connectivity index (χ0) is 15.4. The van der Waals surface area contributed by atoms with E-state index in [1.807, 2.05) is 0 Å². The largest absolute Gasteiger partial charge is 0.325 e. The van der Waals surface area contributed by atoms with Gasteiger partial charge in [0.25, 0.3) is 0 Å². The van der Waals surface area contributed by atoms with Crippen molar-refractivity contribution < 1.29 is 4.79 Å². The first-order valence-corrected chi connectivity index (χ1v) is 7.18. The van der Waals surface area contributed by atoms with E-state index in [-0.39, 0.29) is 5.91 Å². The highest BCUT2D eigenvalue weighted by Crippen LogP contribution is 2.19. The van der Waals surface area contributed by atoms with Crippen LogP contribution < -0.4 is 5.32 Å². The Morgan fingerprint density at radius 3 is 2.86 bits per heavy atom. The van der Waals surface area contributed by atoms with Crippen LogP contribution in [0.2, 0.25) is 0 Å². The van der Waals surface area contributed by atoms with Crippen LogP contribution in [0.15, 0.2) is 24.3 Å². The number of benzene rings is 1. The monoisotopic (exact) mass is 286 g/mol. The molecule has 2 atom stereocenters. The molecule has 2 rings (SSSR count). The number of nitriles is 1. The highest BCUT2D eigenvalue weighted by molar-refractivity contribution is 5.92. The molecular weight excluding hydrogens is 264 g/mol. The molecule has 1 aliphatic rings. The lowest BCUT2D eigenvalue weighted by Crippen LogP contribution is -2.36. The van der Waals surface area contributed by atoms with Crippen LogP contribution in [0.25, 0.3) is 0 Å². The van der Waals surface area contributed by atoms with E-state index in [1.165, 1.54) is 0 Å². The summed E-state index contributed by atoms with van der Waals surface area (Å²) >= 11 is 0. The van der Waals surface area contributed by atoms with Crippen molar-refractivity contribution in [3.63, 3.8) is 0 Å². The van der Waals surface area contributed by atoms with Gasteiger partial charge in [-0.2, -0.15) is 5.26 Å². The summed E-state index contributed by atoms with van der Waals surface area (Å²) in [7, 11) is 4.16. The molecule has 1 fully saturated rings. The summed E-state index contributed by atoms with van der Waals surface area (Å²) in [5, 5.41) is 11.7. The zero-order valence-corrected chi connectivity index (χ0v) is 12.8. The molecule has 1 N–H and O–H groups in total. The number of likely N-dealkylation sites (tertiary alicyclic amines) is 1. The molecule has 0 radical (unpaired) electrons. The maximum Gasteiger partial charge on any atom is 0.238 e. The Balaban J connectivity index is 1.89. The van der Waals surface area contributed by atoms with Gasteiger partial charge < -0.3 is 10.2 Å². The number of hydrogen-bond acceptors (Lipinski definition) is 4. The molecule has 0 spiro atoms. The van der Waals surface area contributed by atoms with Crippen LogP contribution in [-0.4, -0.2) is 55.5 Å². The number of carbonyl (C=O) groups excluding carboxylic acids is 1. The summed E-state index contributed by atoms with van der Waals surface area (Å²) in [6.07, 6.45) is 0. The summed E-state index contributed by atoms with van der Waals surface area (Å²) in [6.45, 7) is 4.47. The first-order valence-electron chi connectivity index (χ1n) is 7.18. The predicted molar refractivity (Wildman–Crippen MR) is 82.9 cm³/mol. The quantitative estimate of drug-likeness (QED) is 0.908. The molecule has 0 aliphatic carbocycles. The van der Waals surface area contributed by atoms with Crippen molar-refractivity contribution in [2.24, 2.45) is 5.92 Å². The van der Waals surface area contributed by atoms with Gasteiger partial charge in [-0.3, -0.25) is 9.69 Å². The lowest BCUT2D eigenvalue weighted by atomic mass is 10.1. The molecule has 1 saturated heterocycles. The van der Waals surface area contributed by atoms with Crippen LogP contribution in [0.4, 0.5) is 5.69 Å². The van der Waals surface area contributed by atoms with Gasteiger partial charge >= 0.3 is 0 Å². The second kappa shape index (κ2) is 6.70. The highest BCUT2D eigenvalue weighted by atomic mass is 16.2. The molecule has 1 aliphatic heterocycles. The van der Waals surface area contributed by atoms with Crippen LogP contribution in [0.3, 0.4) is 0 Å². The van der Waals surface area contributed by atoms with Crippen molar-refractivity contribution in [1.82, 2.24) is 9.80 Å². The Morgan fingerprint density at radius 1 is 1.48 bits per heavy atom. The number of nitrogens with one attached hydrogen (secondary N) is 1. The van der Waals surface area contributed by atoms with Gasteiger partial charge in [0.15, 0.2) is 0 Å². The average molecular weight is 286 g/mol. The molecule has 1 heterocycles. The van der Waals surface area contributed by atoms with Gasteiger partial charge in [-0.1, -0.05) is 13.0 Å². The van der Waals surface area contributed by atoms with Crippen molar-refractivity contribution in [2.75, 3.05) is 39.0 Å². The Kier molecular flexibility index (Phi) is 4.94. The predicted octanol–water partition coefficient (Wildman–Crippen LogP) is 1.38. The maximum atomic E-state index is 12.1. The van der Waals surface area contributed by atoms with Gasteiger partial charge in [-0.15, -0.1) is 0 Å². The molecule has 0 aromatic heterocycles. The van der Waals surface area contributed by atoms with Crippen LogP contribution in [0.1, 0.15) is 12.5 Å². The SMILES string of the molecule is CC1CN(CC(=O)Nc2cccc(C#N)c2)CC1N(C)C.